The van der Waals surface area contributed by atoms with E-state index in [0.717, 1.165) is 16.5 Å². The normalized spacial score (nSPS) is 11.4. The van der Waals surface area contributed by atoms with Crippen molar-refractivity contribution in [2.45, 2.75) is 6.42 Å². The number of H-pyrrole nitrogens is 2. The van der Waals surface area contributed by atoms with Crippen LogP contribution in [0.5, 0.6) is 0 Å². The maximum Gasteiger partial charge on any atom is 0.332 e. The average molecular weight is 338 g/mol. The van der Waals surface area contributed by atoms with Crippen LogP contribution in [0, 0.1) is 0 Å². The van der Waals surface area contributed by atoms with Gasteiger partial charge in [-0.05, 0) is 18.1 Å². The van der Waals surface area contributed by atoms with Gasteiger partial charge >= 0.3 is 5.69 Å². The number of rotatable bonds is 4. The Hall–Kier alpha value is -3.29. The summed E-state index contributed by atoms with van der Waals surface area (Å²) >= 11 is 0. The van der Waals surface area contributed by atoms with Gasteiger partial charge in [0, 0.05) is 37.7 Å². The summed E-state index contributed by atoms with van der Waals surface area (Å²) < 4.78 is 2.42. The minimum atomic E-state index is -0.394. The van der Waals surface area contributed by atoms with Crippen molar-refractivity contribution in [3.63, 3.8) is 0 Å². The van der Waals surface area contributed by atoms with Crippen molar-refractivity contribution < 1.29 is 0 Å². The summed E-state index contributed by atoms with van der Waals surface area (Å²) in [4.78, 5) is 34.7. The molecule has 4 rings (SSSR count). The number of imidazole rings is 1. The summed E-state index contributed by atoms with van der Waals surface area (Å²) in [5.41, 5.74) is 2.22. The van der Waals surface area contributed by atoms with E-state index >= 15 is 0 Å². The molecule has 3 heterocycles. The lowest BCUT2D eigenvalue weighted by atomic mass is 10.1. The number of fused-ring (bicyclic) bond motifs is 2. The Morgan fingerprint density at radius 2 is 1.96 bits per heavy atom. The quantitative estimate of drug-likeness (QED) is 0.519. The highest BCUT2D eigenvalue weighted by molar-refractivity contribution is 5.83. The van der Waals surface area contributed by atoms with Crippen LogP contribution in [0.25, 0.3) is 22.1 Å². The van der Waals surface area contributed by atoms with Crippen molar-refractivity contribution in [3.8, 4) is 0 Å². The zero-order chi connectivity index (χ0) is 17.6. The fourth-order valence-electron chi connectivity index (χ4n) is 3.06. The molecule has 128 valence electrons. The number of aromatic nitrogens is 5. The minimum Gasteiger partial charge on any atom is -0.361 e. The van der Waals surface area contributed by atoms with Gasteiger partial charge in [-0.1, -0.05) is 18.2 Å². The van der Waals surface area contributed by atoms with Gasteiger partial charge < -0.3 is 15.3 Å². The number of para-hydroxylation sites is 1. The third kappa shape index (κ3) is 2.42. The van der Waals surface area contributed by atoms with Crippen LogP contribution in [0.4, 0.5) is 5.95 Å². The third-order valence-corrected chi connectivity index (χ3v) is 4.46. The first-order chi connectivity index (χ1) is 12.1. The lowest BCUT2D eigenvalue weighted by Gasteiger charge is -2.02. The molecule has 0 aliphatic carbocycles. The van der Waals surface area contributed by atoms with Crippen LogP contribution >= 0.6 is 0 Å². The Balaban J connectivity index is 1.57. The van der Waals surface area contributed by atoms with Crippen LogP contribution < -0.4 is 16.6 Å². The van der Waals surface area contributed by atoms with E-state index in [0.29, 0.717) is 23.7 Å². The van der Waals surface area contributed by atoms with Gasteiger partial charge in [-0.25, -0.2) is 4.79 Å². The lowest BCUT2D eigenvalue weighted by Crippen LogP contribution is -2.36. The number of hydrogen-bond acceptors (Lipinski definition) is 4. The van der Waals surface area contributed by atoms with Gasteiger partial charge in [0.1, 0.15) is 0 Å². The molecule has 0 bridgehead atoms. The maximum absolute atomic E-state index is 12.2. The molecule has 8 nitrogen and oxygen atoms in total. The van der Waals surface area contributed by atoms with Crippen molar-refractivity contribution in [2.75, 3.05) is 11.9 Å². The summed E-state index contributed by atoms with van der Waals surface area (Å²) in [7, 11) is 3.05. The number of aryl methyl sites for hydroxylation is 1. The summed E-state index contributed by atoms with van der Waals surface area (Å²) in [5.74, 6) is 0.480. The van der Waals surface area contributed by atoms with E-state index in [1.807, 2.05) is 24.4 Å². The van der Waals surface area contributed by atoms with Gasteiger partial charge in [-0.15, -0.1) is 0 Å². The molecule has 0 radical (unpaired) electrons. The Bertz CT molecular complexity index is 1190. The first-order valence-electron chi connectivity index (χ1n) is 8.01. The van der Waals surface area contributed by atoms with Gasteiger partial charge in [0.05, 0.1) is 0 Å². The molecule has 3 N–H and O–H groups in total. The molecule has 0 amide bonds. The van der Waals surface area contributed by atoms with Crippen LogP contribution in [-0.2, 0) is 20.5 Å². The molecule has 0 unspecified atom stereocenters. The van der Waals surface area contributed by atoms with E-state index in [9.17, 15) is 9.59 Å². The van der Waals surface area contributed by atoms with Gasteiger partial charge in [0.2, 0.25) is 5.95 Å². The summed E-state index contributed by atoms with van der Waals surface area (Å²) in [6.07, 6.45) is 2.81. The van der Waals surface area contributed by atoms with Crippen molar-refractivity contribution >= 4 is 28.0 Å². The zero-order valence-corrected chi connectivity index (χ0v) is 14.0. The molecular formula is C17H18N6O2. The molecule has 0 saturated heterocycles. The highest BCUT2D eigenvalue weighted by Crippen LogP contribution is 2.18. The molecule has 0 aliphatic heterocycles. The second-order valence-electron chi connectivity index (χ2n) is 6.03. The highest BCUT2D eigenvalue weighted by atomic mass is 16.2. The molecule has 3 aromatic heterocycles. The molecule has 0 fully saturated rings. The van der Waals surface area contributed by atoms with E-state index < -0.39 is 5.69 Å². The smallest absolute Gasteiger partial charge is 0.332 e. The Morgan fingerprint density at radius 3 is 2.80 bits per heavy atom. The van der Waals surface area contributed by atoms with Gasteiger partial charge in [-0.3, -0.25) is 13.9 Å². The van der Waals surface area contributed by atoms with Crippen LogP contribution in [0.1, 0.15) is 5.56 Å². The van der Waals surface area contributed by atoms with Crippen LogP contribution in [-0.4, -0.2) is 30.6 Å². The molecule has 1 aromatic carbocycles. The lowest BCUT2D eigenvalue weighted by molar-refractivity contribution is 0.709. The average Bonchev–Trinajstić information content (AvgIpc) is 3.23. The first-order valence-corrected chi connectivity index (χ1v) is 8.01. The van der Waals surface area contributed by atoms with Gasteiger partial charge in [-0.2, -0.15) is 4.98 Å². The molecular weight excluding hydrogens is 320 g/mol. The Labute approximate surface area is 142 Å². The van der Waals surface area contributed by atoms with E-state index in [2.05, 4.69) is 26.3 Å². The maximum atomic E-state index is 12.2. The van der Waals surface area contributed by atoms with E-state index in [4.69, 9.17) is 0 Å². The monoisotopic (exact) mass is 338 g/mol. The van der Waals surface area contributed by atoms with Crippen LogP contribution in [0.3, 0.4) is 0 Å². The van der Waals surface area contributed by atoms with E-state index in [-0.39, 0.29) is 5.56 Å². The Morgan fingerprint density at radius 1 is 1.16 bits per heavy atom. The largest absolute Gasteiger partial charge is 0.361 e. The zero-order valence-electron chi connectivity index (χ0n) is 14.0. The van der Waals surface area contributed by atoms with Gasteiger partial charge in [0.15, 0.2) is 11.2 Å². The third-order valence-electron chi connectivity index (χ3n) is 4.46. The first kappa shape index (κ1) is 15.3. The van der Waals surface area contributed by atoms with Crippen molar-refractivity contribution in [1.82, 2.24) is 24.1 Å². The topological polar surface area (TPSA) is 100 Å². The molecule has 0 saturated carbocycles. The van der Waals surface area contributed by atoms with Crippen molar-refractivity contribution in [3.05, 3.63) is 56.9 Å². The summed E-state index contributed by atoms with van der Waals surface area (Å²) in [6.45, 7) is 0.649. The second kappa shape index (κ2) is 5.66. The molecule has 0 spiro atoms. The molecule has 0 aliphatic rings. The van der Waals surface area contributed by atoms with Gasteiger partial charge in [0.25, 0.3) is 5.56 Å². The summed E-state index contributed by atoms with van der Waals surface area (Å²) in [6, 6.07) is 8.15. The predicted molar refractivity (Wildman–Crippen MR) is 97.1 cm³/mol. The molecule has 8 heteroatoms. The SMILES string of the molecule is Cn1c(=O)c2[nH]c(NCCc3c[nH]c4ccccc34)nc2n(C)c1=O. The van der Waals surface area contributed by atoms with E-state index in [1.165, 1.54) is 22.6 Å². The van der Waals surface area contributed by atoms with E-state index in [1.54, 1.807) is 7.05 Å². The fourth-order valence-corrected chi connectivity index (χ4v) is 3.06. The number of hydrogen-bond donors (Lipinski definition) is 3. The second-order valence-corrected chi connectivity index (χ2v) is 6.03. The minimum absolute atomic E-state index is 0.319. The highest BCUT2D eigenvalue weighted by Gasteiger charge is 2.13. The number of nitrogens with one attached hydrogen (secondary N) is 3. The molecule has 25 heavy (non-hydrogen) atoms. The standard InChI is InChI=1S/C17H18N6O2/c1-22-14-13(15(24)23(2)17(22)25)20-16(21-14)18-8-7-10-9-19-12-6-4-3-5-11(10)12/h3-6,9,19H,7-8H2,1-2H3,(H2,18,20,21). The van der Waals surface area contributed by atoms with Crippen molar-refractivity contribution in [1.29, 1.82) is 0 Å². The Kier molecular flexibility index (Phi) is 3.45. The molecule has 4 aromatic rings. The predicted octanol–water partition coefficient (Wildman–Crippen LogP) is 1.10. The number of benzene rings is 1. The fraction of sp³-hybridized carbons (Fsp3) is 0.235. The van der Waals surface area contributed by atoms with Crippen molar-refractivity contribution in [2.24, 2.45) is 14.1 Å². The van der Waals surface area contributed by atoms with Crippen LogP contribution in [0.2, 0.25) is 0 Å². The summed E-state index contributed by atoms with van der Waals surface area (Å²) in [5, 5.41) is 4.39. The molecule has 0 atom stereocenters. The number of anilines is 1. The van der Waals surface area contributed by atoms with Crippen LogP contribution in [0.15, 0.2) is 40.1 Å². The number of nitrogens with zero attached hydrogens (tertiary/aromatic N) is 3. The number of aromatic amines is 2.